The molecule has 0 spiro atoms. The molecule has 1 aromatic carbocycles. The predicted octanol–water partition coefficient (Wildman–Crippen LogP) is 3.36. The second-order valence-electron chi connectivity index (χ2n) is 4.59. The number of nitrogens with zero attached hydrogens (tertiary/aromatic N) is 1. The zero-order valence-electron chi connectivity index (χ0n) is 13.0. The predicted molar refractivity (Wildman–Crippen MR) is 87.9 cm³/mol. The maximum Gasteiger partial charge on any atom is 0.270 e. The number of ether oxygens (including phenoxy) is 2. The van der Waals surface area contributed by atoms with Gasteiger partial charge in [-0.25, -0.2) is 4.98 Å². The van der Waals surface area contributed by atoms with Crippen LogP contribution in [0.5, 0.6) is 11.5 Å². The number of amides is 1. The molecule has 118 valence electrons. The van der Waals surface area contributed by atoms with Crippen LogP contribution >= 0.6 is 11.3 Å². The van der Waals surface area contributed by atoms with Gasteiger partial charge in [0.25, 0.3) is 5.91 Å². The van der Waals surface area contributed by atoms with E-state index in [4.69, 9.17) is 9.47 Å². The molecule has 2 aromatic rings. The number of carbonyl (C=O) groups is 1. The van der Waals surface area contributed by atoms with Gasteiger partial charge in [-0.2, -0.15) is 0 Å². The molecule has 22 heavy (non-hydrogen) atoms. The van der Waals surface area contributed by atoms with Crippen LogP contribution in [0.4, 0.5) is 0 Å². The Balaban J connectivity index is 2.21. The first kappa shape index (κ1) is 16.3. The fraction of sp³-hybridized carbons (Fsp3) is 0.375. The summed E-state index contributed by atoms with van der Waals surface area (Å²) in [6, 6.07) is 5.65. The van der Waals surface area contributed by atoms with E-state index in [0.29, 0.717) is 30.3 Å². The van der Waals surface area contributed by atoms with Crippen LogP contribution in [-0.4, -0.2) is 31.2 Å². The van der Waals surface area contributed by atoms with Crippen molar-refractivity contribution >= 4 is 17.2 Å². The first-order valence-corrected chi connectivity index (χ1v) is 8.12. The summed E-state index contributed by atoms with van der Waals surface area (Å²) in [5, 5.41) is 5.37. The van der Waals surface area contributed by atoms with Gasteiger partial charge in [-0.1, -0.05) is 6.92 Å². The largest absolute Gasteiger partial charge is 0.493 e. The topological polar surface area (TPSA) is 60.5 Å². The molecular weight excluding hydrogens is 300 g/mol. The maximum absolute atomic E-state index is 11.9. The number of thiazole rings is 1. The van der Waals surface area contributed by atoms with Crippen molar-refractivity contribution in [3.05, 3.63) is 29.3 Å². The van der Waals surface area contributed by atoms with Crippen molar-refractivity contribution in [2.24, 2.45) is 0 Å². The first-order chi connectivity index (χ1) is 10.7. The lowest BCUT2D eigenvalue weighted by atomic mass is 10.2. The summed E-state index contributed by atoms with van der Waals surface area (Å²) in [6.45, 7) is 5.17. The summed E-state index contributed by atoms with van der Waals surface area (Å²) in [7, 11) is 1.60. The van der Waals surface area contributed by atoms with Gasteiger partial charge in [-0.15, -0.1) is 11.3 Å². The molecule has 0 atom stereocenters. The van der Waals surface area contributed by atoms with Gasteiger partial charge in [0.2, 0.25) is 0 Å². The van der Waals surface area contributed by atoms with E-state index in [9.17, 15) is 4.79 Å². The number of methoxy groups -OCH3 is 1. The highest BCUT2D eigenvalue weighted by molar-refractivity contribution is 7.13. The molecule has 1 amide bonds. The summed E-state index contributed by atoms with van der Waals surface area (Å²) < 4.78 is 10.8. The Morgan fingerprint density at radius 1 is 1.32 bits per heavy atom. The van der Waals surface area contributed by atoms with Gasteiger partial charge >= 0.3 is 0 Å². The number of hydrogen-bond donors (Lipinski definition) is 1. The lowest BCUT2D eigenvalue weighted by molar-refractivity contribution is 0.0949. The summed E-state index contributed by atoms with van der Waals surface area (Å²) in [6.07, 6.45) is 0.902. The Hall–Kier alpha value is -2.08. The van der Waals surface area contributed by atoms with Gasteiger partial charge in [-0.3, -0.25) is 4.79 Å². The molecule has 0 fully saturated rings. The minimum atomic E-state index is -0.137. The summed E-state index contributed by atoms with van der Waals surface area (Å²) >= 11 is 1.43. The van der Waals surface area contributed by atoms with Gasteiger partial charge in [0.15, 0.2) is 11.5 Å². The van der Waals surface area contributed by atoms with Crippen molar-refractivity contribution < 1.29 is 14.3 Å². The first-order valence-electron chi connectivity index (χ1n) is 7.24. The zero-order valence-corrected chi connectivity index (χ0v) is 13.8. The molecular formula is C16H20N2O3S. The number of benzene rings is 1. The summed E-state index contributed by atoms with van der Waals surface area (Å²) in [4.78, 5) is 16.3. The lowest BCUT2D eigenvalue weighted by Gasteiger charge is -2.09. The Morgan fingerprint density at radius 2 is 2.14 bits per heavy atom. The molecule has 0 saturated carbocycles. The second-order valence-corrected chi connectivity index (χ2v) is 5.45. The highest BCUT2D eigenvalue weighted by atomic mass is 32.1. The van der Waals surface area contributed by atoms with Crippen LogP contribution in [0, 0.1) is 0 Å². The molecule has 1 aromatic heterocycles. The number of rotatable bonds is 7. The molecule has 0 aliphatic heterocycles. The van der Waals surface area contributed by atoms with Crippen molar-refractivity contribution in [1.82, 2.24) is 10.3 Å². The van der Waals surface area contributed by atoms with Gasteiger partial charge in [0.1, 0.15) is 10.7 Å². The van der Waals surface area contributed by atoms with E-state index in [2.05, 4.69) is 10.3 Å². The molecule has 5 nitrogen and oxygen atoms in total. The normalized spacial score (nSPS) is 10.3. The molecule has 1 N–H and O–H groups in total. The minimum absolute atomic E-state index is 0.137. The van der Waals surface area contributed by atoms with Gasteiger partial charge in [-0.05, 0) is 31.5 Å². The third-order valence-corrected chi connectivity index (χ3v) is 3.87. The third kappa shape index (κ3) is 3.76. The molecule has 0 radical (unpaired) electrons. The fourth-order valence-electron chi connectivity index (χ4n) is 1.92. The van der Waals surface area contributed by atoms with E-state index < -0.39 is 0 Å². The van der Waals surface area contributed by atoms with Crippen LogP contribution in [-0.2, 0) is 0 Å². The molecule has 6 heteroatoms. The Bertz CT molecular complexity index is 640. The van der Waals surface area contributed by atoms with Gasteiger partial charge in [0, 0.05) is 17.5 Å². The highest BCUT2D eigenvalue weighted by Gasteiger charge is 2.13. The van der Waals surface area contributed by atoms with Crippen LogP contribution in [0.1, 0.15) is 30.8 Å². The van der Waals surface area contributed by atoms with E-state index in [1.54, 1.807) is 12.5 Å². The lowest BCUT2D eigenvalue weighted by Crippen LogP contribution is -2.24. The van der Waals surface area contributed by atoms with E-state index >= 15 is 0 Å². The molecule has 0 bridgehead atoms. The monoisotopic (exact) mass is 320 g/mol. The molecule has 1 heterocycles. The van der Waals surface area contributed by atoms with Crippen molar-refractivity contribution in [3.8, 4) is 22.1 Å². The van der Waals surface area contributed by atoms with E-state index in [1.165, 1.54) is 11.3 Å². The second kappa shape index (κ2) is 7.79. The Kier molecular flexibility index (Phi) is 5.77. The highest BCUT2D eigenvalue weighted by Crippen LogP contribution is 2.33. The van der Waals surface area contributed by atoms with Crippen LogP contribution in [0.25, 0.3) is 10.6 Å². The fourth-order valence-corrected chi connectivity index (χ4v) is 2.71. The number of aromatic nitrogens is 1. The smallest absolute Gasteiger partial charge is 0.270 e. The maximum atomic E-state index is 11.9. The Labute approximate surface area is 134 Å². The van der Waals surface area contributed by atoms with Crippen LogP contribution in [0.15, 0.2) is 23.6 Å². The molecule has 2 rings (SSSR count). The van der Waals surface area contributed by atoms with E-state index in [0.717, 1.165) is 17.0 Å². The van der Waals surface area contributed by atoms with Gasteiger partial charge in [0.05, 0.1) is 13.7 Å². The Morgan fingerprint density at radius 3 is 2.82 bits per heavy atom. The number of hydrogen-bond acceptors (Lipinski definition) is 5. The zero-order chi connectivity index (χ0) is 15.9. The molecule has 0 unspecified atom stereocenters. The van der Waals surface area contributed by atoms with Crippen molar-refractivity contribution in [1.29, 1.82) is 0 Å². The third-order valence-electron chi connectivity index (χ3n) is 2.98. The molecule has 0 aliphatic carbocycles. The standard InChI is InChI=1S/C16H20N2O3S/c1-4-8-17-15(19)12-10-22-16(18-12)11-6-7-13(21-5-2)14(9-11)20-3/h6-7,9-10H,4-5,8H2,1-3H3,(H,17,19). The van der Waals surface area contributed by atoms with Crippen molar-refractivity contribution in [2.75, 3.05) is 20.3 Å². The van der Waals surface area contributed by atoms with Gasteiger partial charge < -0.3 is 14.8 Å². The van der Waals surface area contributed by atoms with Crippen LogP contribution in [0.2, 0.25) is 0 Å². The molecule has 0 saturated heterocycles. The van der Waals surface area contributed by atoms with Crippen LogP contribution < -0.4 is 14.8 Å². The van der Waals surface area contributed by atoms with Crippen LogP contribution in [0.3, 0.4) is 0 Å². The summed E-state index contributed by atoms with van der Waals surface area (Å²) in [5.41, 5.74) is 1.35. The molecule has 0 aliphatic rings. The average Bonchev–Trinajstić information content (AvgIpc) is 3.03. The SMILES string of the molecule is CCCNC(=O)c1csc(-c2ccc(OCC)c(OC)c2)n1. The van der Waals surface area contributed by atoms with E-state index in [1.807, 2.05) is 32.0 Å². The van der Waals surface area contributed by atoms with Crippen molar-refractivity contribution in [2.45, 2.75) is 20.3 Å². The number of nitrogens with one attached hydrogen (secondary N) is 1. The quantitative estimate of drug-likeness (QED) is 0.850. The van der Waals surface area contributed by atoms with Crippen molar-refractivity contribution in [3.63, 3.8) is 0 Å². The summed E-state index contributed by atoms with van der Waals surface area (Å²) in [5.74, 6) is 1.22. The van der Waals surface area contributed by atoms with E-state index in [-0.39, 0.29) is 5.91 Å². The number of carbonyl (C=O) groups excluding carboxylic acids is 1. The minimum Gasteiger partial charge on any atom is -0.493 e. The average molecular weight is 320 g/mol.